The summed E-state index contributed by atoms with van der Waals surface area (Å²) in [5, 5.41) is 32.0. The highest BCUT2D eigenvalue weighted by Gasteiger charge is 2.11. The molecule has 0 amide bonds. The largest absolute Gasteiger partial charge is 0.288 e. The summed E-state index contributed by atoms with van der Waals surface area (Å²) in [5.41, 5.74) is 0. The minimum Gasteiger partial charge on any atom is -0.288 e. The molecule has 0 aromatic carbocycles. The van der Waals surface area contributed by atoms with Gasteiger partial charge in [-0.15, -0.1) is 36.2 Å². The van der Waals surface area contributed by atoms with Gasteiger partial charge in [0.2, 0.25) is 0 Å². The Morgan fingerprint density at radius 2 is 1.41 bits per heavy atom. The van der Waals surface area contributed by atoms with Crippen LogP contribution in [0.2, 0.25) is 0 Å². The Kier molecular flexibility index (Phi) is 16.3. The summed E-state index contributed by atoms with van der Waals surface area (Å²) in [6.07, 6.45) is 2.70. The summed E-state index contributed by atoms with van der Waals surface area (Å²) >= 11 is 21.4. The van der Waals surface area contributed by atoms with E-state index in [1.165, 1.54) is 23.5 Å². The van der Waals surface area contributed by atoms with E-state index in [2.05, 4.69) is 12.6 Å². The van der Waals surface area contributed by atoms with Gasteiger partial charge in [-0.3, -0.25) is 20.4 Å². The van der Waals surface area contributed by atoms with Gasteiger partial charge in [0.25, 0.3) is 0 Å². The van der Waals surface area contributed by atoms with Crippen molar-refractivity contribution in [2.45, 2.75) is 32.6 Å². The van der Waals surface area contributed by atoms with Crippen molar-refractivity contribution in [1.82, 2.24) is 15.2 Å². The molecule has 27 heavy (non-hydrogen) atoms. The standard InChI is InChI=1S/C14H25N3O4S6/c1-11(22)16(20)9-26-8-13(24)17(21)10-27-7-12(23)15(19)6-4-2-3-5-14(18)25/h19-21H,2-10H2,1H3,(H,18,25). The molecule has 0 fully saturated rings. The van der Waals surface area contributed by atoms with Gasteiger partial charge in [-0.1, -0.05) is 43.1 Å². The maximum Gasteiger partial charge on any atom is 0.185 e. The SMILES string of the molecule is CC(=S)N(O)CSCC(=S)N(O)CSCC(=S)N(O)CCCCCC(=O)S. The van der Waals surface area contributed by atoms with Gasteiger partial charge in [0.1, 0.15) is 15.0 Å². The number of hydrogen-bond acceptors (Lipinski definition) is 9. The van der Waals surface area contributed by atoms with Crippen LogP contribution in [0, 0.1) is 0 Å². The first-order chi connectivity index (χ1) is 12.6. The lowest BCUT2D eigenvalue weighted by molar-refractivity contribution is -0.110. The number of hydroxylamine groups is 6. The zero-order chi connectivity index (χ0) is 20.8. The average molecular weight is 492 g/mol. The topological polar surface area (TPSA) is 87.5 Å². The maximum absolute atomic E-state index is 10.7. The van der Waals surface area contributed by atoms with Crippen LogP contribution in [0.1, 0.15) is 32.6 Å². The molecule has 0 rings (SSSR count). The van der Waals surface area contributed by atoms with Gasteiger partial charge in [-0.25, -0.2) is 15.2 Å². The molecule has 0 aliphatic rings. The lowest BCUT2D eigenvalue weighted by Gasteiger charge is -2.20. The van der Waals surface area contributed by atoms with Gasteiger partial charge in [-0.05, 0) is 19.8 Å². The number of unbranched alkanes of at least 4 members (excludes halogenated alkanes) is 2. The zero-order valence-corrected chi connectivity index (χ0v) is 19.9. The molecule has 0 bridgehead atoms. The minimum absolute atomic E-state index is 0.129. The van der Waals surface area contributed by atoms with Crippen molar-refractivity contribution in [3.05, 3.63) is 0 Å². The van der Waals surface area contributed by atoms with Crippen molar-refractivity contribution >= 4 is 92.9 Å². The van der Waals surface area contributed by atoms with Gasteiger partial charge in [0.05, 0.1) is 11.8 Å². The van der Waals surface area contributed by atoms with Crippen LogP contribution in [0.15, 0.2) is 0 Å². The Morgan fingerprint density at radius 1 is 0.889 bits per heavy atom. The van der Waals surface area contributed by atoms with Gasteiger partial charge >= 0.3 is 0 Å². The third kappa shape index (κ3) is 14.9. The minimum atomic E-state index is -0.129. The van der Waals surface area contributed by atoms with Crippen LogP contribution >= 0.6 is 72.8 Å². The number of carbonyl (C=O) groups is 1. The third-order valence-electron chi connectivity index (χ3n) is 3.08. The van der Waals surface area contributed by atoms with Crippen molar-refractivity contribution in [2.75, 3.05) is 29.8 Å². The Bertz CT molecular complexity index is 511. The zero-order valence-electron chi connectivity index (χ0n) is 14.9. The average Bonchev–Trinajstić information content (AvgIpc) is 2.60. The highest BCUT2D eigenvalue weighted by atomic mass is 32.2. The van der Waals surface area contributed by atoms with Crippen molar-refractivity contribution in [3.8, 4) is 0 Å². The molecular formula is C14H25N3O4S6. The first kappa shape index (κ1) is 27.3. The highest BCUT2D eigenvalue weighted by Crippen LogP contribution is 2.11. The molecule has 0 saturated carbocycles. The fraction of sp³-hybridized carbons (Fsp3) is 0.714. The first-order valence-corrected chi connectivity index (χ1v) is 12.0. The predicted octanol–water partition coefficient (Wildman–Crippen LogP) is 3.46. The third-order valence-corrected chi connectivity index (χ3v) is 6.40. The van der Waals surface area contributed by atoms with Gasteiger partial charge in [-0.2, -0.15) is 0 Å². The molecule has 0 aromatic rings. The van der Waals surface area contributed by atoms with E-state index in [1.807, 2.05) is 0 Å². The van der Waals surface area contributed by atoms with E-state index in [9.17, 15) is 20.4 Å². The second-order valence-corrected chi connectivity index (χ2v) is 9.33. The van der Waals surface area contributed by atoms with Crippen LogP contribution in [-0.2, 0) is 4.79 Å². The summed E-state index contributed by atoms with van der Waals surface area (Å²) in [6, 6.07) is 0. The molecule has 0 heterocycles. The molecule has 0 aliphatic carbocycles. The van der Waals surface area contributed by atoms with E-state index in [0.717, 1.165) is 34.5 Å². The summed E-state index contributed by atoms with van der Waals surface area (Å²) in [7, 11) is 0. The molecule has 13 heteroatoms. The number of thiol groups is 1. The van der Waals surface area contributed by atoms with Crippen LogP contribution in [0.3, 0.4) is 0 Å². The quantitative estimate of drug-likeness (QED) is 0.0943. The fourth-order valence-electron chi connectivity index (χ4n) is 1.59. The van der Waals surface area contributed by atoms with E-state index in [-0.39, 0.29) is 16.9 Å². The Morgan fingerprint density at radius 3 is 1.93 bits per heavy atom. The van der Waals surface area contributed by atoms with E-state index in [0.29, 0.717) is 39.4 Å². The number of nitrogens with zero attached hydrogens (tertiary/aromatic N) is 3. The predicted molar refractivity (Wildman–Crippen MR) is 126 cm³/mol. The summed E-state index contributed by atoms with van der Waals surface area (Å²) in [6.45, 7) is 2.01. The van der Waals surface area contributed by atoms with Gasteiger partial charge < -0.3 is 0 Å². The van der Waals surface area contributed by atoms with Crippen LogP contribution < -0.4 is 0 Å². The summed E-state index contributed by atoms with van der Waals surface area (Å²) in [5.74, 6) is 1.20. The lowest BCUT2D eigenvalue weighted by atomic mass is 10.2. The fourth-order valence-corrected chi connectivity index (χ4v) is 4.16. The number of thioether (sulfide) groups is 2. The number of thiocarbonyl (C=S) groups is 3. The molecule has 156 valence electrons. The Hall–Kier alpha value is 0.270. The van der Waals surface area contributed by atoms with Crippen molar-refractivity contribution in [1.29, 1.82) is 0 Å². The molecular weight excluding hydrogens is 467 g/mol. The van der Waals surface area contributed by atoms with E-state index in [1.54, 1.807) is 6.92 Å². The number of hydrogen-bond donors (Lipinski definition) is 4. The van der Waals surface area contributed by atoms with Crippen LogP contribution in [-0.4, -0.2) is 80.7 Å². The molecule has 0 atom stereocenters. The molecule has 0 radical (unpaired) electrons. The van der Waals surface area contributed by atoms with Crippen LogP contribution in [0.5, 0.6) is 0 Å². The van der Waals surface area contributed by atoms with Gasteiger partial charge in [0.15, 0.2) is 5.12 Å². The van der Waals surface area contributed by atoms with E-state index >= 15 is 0 Å². The smallest absolute Gasteiger partial charge is 0.185 e. The molecule has 0 spiro atoms. The normalized spacial score (nSPS) is 10.4. The maximum atomic E-state index is 10.7. The van der Waals surface area contributed by atoms with E-state index < -0.39 is 0 Å². The summed E-state index contributed by atoms with van der Waals surface area (Å²) < 4.78 is 0. The molecule has 3 N–H and O–H groups in total. The highest BCUT2D eigenvalue weighted by molar-refractivity contribution is 8.01. The van der Waals surface area contributed by atoms with Gasteiger partial charge in [0, 0.05) is 24.5 Å². The first-order valence-electron chi connectivity index (χ1n) is 7.97. The molecule has 0 saturated heterocycles. The lowest BCUT2D eigenvalue weighted by Crippen LogP contribution is -2.31. The van der Waals surface area contributed by atoms with Crippen molar-refractivity contribution in [3.63, 3.8) is 0 Å². The molecule has 0 unspecified atom stereocenters. The van der Waals surface area contributed by atoms with Crippen molar-refractivity contribution < 1.29 is 20.4 Å². The molecule has 0 aromatic heterocycles. The second kappa shape index (κ2) is 16.1. The van der Waals surface area contributed by atoms with Crippen molar-refractivity contribution in [2.24, 2.45) is 0 Å². The molecule has 7 nitrogen and oxygen atoms in total. The van der Waals surface area contributed by atoms with Crippen LogP contribution in [0.25, 0.3) is 0 Å². The number of rotatable bonds is 14. The Labute approximate surface area is 190 Å². The van der Waals surface area contributed by atoms with Crippen LogP contribution in [0.4, 0.5) is 0 Å². The second-order valence-electron chi connectivity index (χ2n) is 5.39. The monoisotopic (exact) mass is 491 g/mol. The summed E-state index contributed by atoms with van der Waals surface area (Å²) in [4.78, 5) is 11.8. The number of carbonyl (C=O) groups excluding carboxylic acids is 1. The molecule has 0 aliphatic heterocycles. The van der Waals surface area contributed by atoms with E-state index in [4.69, 9.17) is 36.7 Å². The Balaban J connectivity index is 3.85.